The van der Waals surface area contributed by atoms with E-state index >= 15 is 0 Å². The Labute approximate surface area is 138 Å². The van der Waals surface area contributed by atoms with Gasteiger partial charge < -0.3 is 0 Å². The maximum absolute atomic E-state index is 6.19. The molecule has 2 aromatic heterocycles. The van der Waals surface area contributed by atoms with Gasteiger partial charge in [-0.1, -0.05) is 52.4 Å². The number of thioether (sulfide) groups is 1. The zero-order valence-corrected chi connectivity index (χ0v) is 13.9. The summed E-state index contributed by atoms with van der Waals surface area (Å²) in [6, 6.07) is 5.47. The molecule has 0 aliphatic heterocycles. The average molecular weight is 360 g/mol. The Morgan fingerprint density at radius 1 is 1.15 bits per heavy atom. The van der Waals surface area contributed by atoms with Crippen molar-refractivity contribution in [2.24, 2.45) is 0 Å². The van der Waals surface area contributed by atoms with Crippen LogP contribution in [-0.2, 0) is 5.75 Å². The number of aromatic nitrogens is 3. The van der Waals surface area contributed by atoms with E-state index in [0.717, 1.165) is 26.4 Å². The van der Waals surface area contributed by atoms with Crippen molar-refractivity contribution in [2.75, 3.05) is 0 Å². The highest BCUT2D eigenvalue weighted by molar-refractivity contribution is 8.00. The van der Waals surface area contributed by atoms with Crippen molar-refractivity contribution in [3.8, 4) is 10.6 Å². The number of nitrogens with zero attached hydrogens (tertiary/aromatic N) is 3. The zero-order chi connectivity index (χ0) is 13.9. The lowest BCUT2D eigenvalue weighted by atomic mass is 10.2. The standard InChI is InChI=1S/C12H7Cl2N3S3/c13-8-2-1-3-9(14)10(8)11-16-7(4-18-11)5-19-12-17-15-6-20-12/h1-4,6H,5H2. The highest BCUT2D eigenvalue weighted by Gasteiger charge is 2.12. The van der Waals surface area contributed by atoms with Crippen LogP contribution in [0.25, 0.3) is 10.6 Å². The van der Waals surface area contributed by atoms with Crippen molar-refractivity contribution in [1.29, 1.82) is 0 Å². The fourth-order valence-electron chi connectivity index (χ4n) is 1.55. The summed E-state index contributed by atoms with van der Waals surface area (Å²) in [6.45, 7) is 0. The summed E-state index contributed by atoms with van der Waals surface area (Å²) in [5.41, 5.74) is 3.51. The van der Waals surface area contributed by atoms with Crippen molar-refractivity contribution in [3.05, 3.63) is 44.8 Å². The molecule has 3 aromatic rings. The summed E-state index contributed by atoms with van der Waals surface area (Å²) in [7, 11) is 0. The Kier molecular flexibility index (Phi) is 4.58. The topological polar surface area (TPSA) is 38.7 Å². The first-order valence-electron chi connectivity index (χ1n) is 5.52. The van der Waals surface area contributed by atoms with Crippen LogP contribution in [0.5, 0.6) is 0 Å². The lowest BCUT2D eigenvalue weighted by Gasteiger charge is -2.02. The van der Waals surface area contributed by atoms with Crippen LogP contribution in [0.3, 0.4) is 0 Å². The van der Waals surface area contributed by atoms with Crippen LogP contribution in [0.15, 0.2) is 33.4 Å². The zero-order valence-electron chi connectivity index (χ0n) is 9.92. The molecule has 0 amide bonds. The van der Waals surface area contributed by atoms with Gasteiger partial charge in [0.05, 0.1) is 15.7 Å². The molecule has 102 valence electrons. The van der Waals surface area contributed by atoms with Crippen molar-refractivity contribution in [3.63, 3.8) is 0 Å². The SMILES string of the molecule is Clc1cccc(Cl)c1-c1nc(CSc2nncs2)cs1. The van der Waals surface area contributed by atoms with Gasteiger partial charge in [-0.15, -0.1) is 21.5 Å². The fourth-order valence-corrected chi connectivity index (χ4v) is 4.62. The minimum absolute atomic E-state index is 0.621. The lowest BCUT2D eigenvalue weighted by molar-refractivity contribution is 1.01. The van der Waals surface area contributed by atoms with E-state index in [1.165, 1.54) is 11.3 Å². The highest BCUT2D eigenvalue weighted by atomic mass is 35.5. The number of benzene rings is 1. The molecule has 2 heterocycles. The molecule has 0 atom stereocenters. The van der Waals surface area contributed by atoms with Crippen LogP contribution in [0.4, 0.5) is 0 Å². The monoisotopic (exact) mass is 359 g/mol. The molecule has 3 rings (SSSR count). The molecule has 0 fully saturated rings. The first-order chi connectivity index (χ1) is 9.74. The molecule has 0 aliphatic carbocycles. The summed E-state index contributed by atoms with van der Waals surface area (Å²) in [6.07, 6.45) is 0. The van der Waals surface area contributed by atoms with E-state index in [1.807, 2.05) is 23.6 Å². The lowest BCUT2D eigenvalue weighted by Crippen LogP contribution is -1.84. The fraction of sp³-hybridized carbons (Fsp3) is 0.0833. The molecule has 0 aliphatic rings. The van der Waals surface area contributed by atoms with E-state index in [1.54, 1.807) is 28.6 Å². The van der Waals surface area contributed by atoms with E-state index < -0.39 is 0 Å². The number of rotatable bonds is 4. The largest absolute Gasteiger partial charge is 0.240 e. The molecule has 20 heavy (non-hydrogen) atoms. The van der Waals surface area contributed by atoms with E-state index in [4.69, 9.17) is 23.2 Å². The Hall–Kier alpha value is -0.660. The molecule has 8 heteroatoms. The van der Waals surface area contributed by atoms with Gasteiger partial charge in [-0.2, -0.15) is 0 Å². The van der Waals surface area contributed by atoms with E-state index in [9.17, 15) is 0 Å². The van der Waals surface area contributed by atoms with Crippen LogP contribution < -0.4 is 0 Å². The van der Waals surface area contributed by atoms with E-state index in [-0.39, 0.29) is 0 Å². The predicted molar refractivity (Wildman–Crippen MR) is 87.0 cm³/mol. The molecule has 3 nitrogen and oxygen atoms in total. The normalized spacial score (nSPS) is 10.9. The third-order valence-electron chi connectivity index (χ3n) is 2.41. The summed E-state index contributed by atoms with van der Waals surface area (Å²) in [4.78, 5) is 4.59. The van der Waals surface area contributed by atoms with E-state index in [0.29, 0.717) is 10.0 Å². The van der Waals surface area contributed by atoms with Crippen LogP contribution in [0.1, 0.15) is 5.69 Å². The number of halogens is 2. The van der Waals surface area contributed by atoms with Gasteiger partial charge in [-0.25, -0.2) is 4.98 Å². The maximum atomic E-state index is 6.19. The smallest absolute Gasteiger partial charge is 0.174 e. The second-order valence-electron chi connectivity index (χ2n) is 3.73. The molecule has 0 bridgehead atoms. The third-order valence-corrected chi connectivity index (χ3v) is 5.84. The summed E-state index contributed by atoms with van der Waals surface area (Å²) in [5, 5.41) is 11.9. The Morgan fingerprint density at radius 2 is 1.95 bits per heavy atom. The van der Waals surface area contributed by atoms with Crippen LogP contribution in [0.2, 0.25) is 10.0 Å². The Morgan fingerprint density at radius 3 is 2.65 bits per heavy atom. The van der Waals surface area contributed by atoms with Crippen molar-refractivity contribution in [2.45, 2.75) is 10.1 Å². The highest BCUT2D eigenvalue weighted by Crippen LogP contribution is 2.37. The molecule has 0 saturated carbocycles. The Balaban J connectivity index is 1.80. The van der Waals surface area contributed by atoms with Gasteiger partial charge in [0.25, 0.3) is 0 Å². The molecule has 0 N–H and O–H groups in total. The van der Waals surface area contributed by atoms with Gasteiger partial charge in [0, 0.05) is 16.7 Å². The quantitative estimate of drug-likeness (QED) is 0.595. The molecule has 1 aromatic carbocycles. The van der Waals surface area contributed by atoms with Crippen molar-refractivity contribution in [1.82, 2.24) is 15.2 Å². The van der Waals surface area contributed by atoms with E-state index in [2.05, 4.69) is 15.2 Å². The molecule has 0 spiro atoms. The molecule has 0 radical (unpaired) electrons. The number of hydrogen-bond acceptors (Lipinski definition) is 6. The summed E-state index contributed by atoms with van der Waals surface area (Å²) < 4.78 is 0.940. The molecule has 0 saturated heterocycles. The Bertz CT molecular complexity index is 692. The average Bonchev–Trinajstić information content (AvgIpc) is 3.07. The predicted octanol–water partition coefficient (Wildman–Crippen LogP) is 5.26. The van der Waals surface area contributed by atoms with Crippen molar-refractivity contribution < 1.29 is 0 Å². The van der Waals surface area contributed by atoms with Crippen LogP contribution >= 0.6 is 57.6 Å². The molecular weight excluding hydrogens is 353 g/mol. The molecular formula is C12H7Cl2N3S3. The minimum atomic E-state index is 0.621. The van der Waals surface area contributed by atoms with Gasteiger partial charge in [-0.3, -0.25) is 0 Å². The third kappa shape index (κ3) is 3.15. The summed E-state index contributed by atoms with van der Waals surface area (Å²) in [5.74, 6) is 0.758. The second-order valence-corrected chi connectivity index (χ2v) is 7.46. The number of thiazole rings is 1. The second kappa shape index (κ2) is 6.41. The molecule has 0 unspecified atom stereocenters. The minimum Gasteiger partial charge on any atom is -0.240 e. The maximum Gasteiger partial charge on any atom is 0.174 e. The first kappa shape index (κ1) is 14.3. The van der Waals surface area contributed by atoms with Crippen LogP contribution in [0, 0.1) is 0 Å². The van der Waals surface area contributed by atoms with Crippen LogP contribution in [-0.4, -0.2) is 15.2 Å². The van der Waals surface area contributed by atoms with Gasteiger partial charge in [0.1, 0.15) is 10.5 Å². The first-order valence-corrected chi connectivity index (χ1v) is 9.02. The summed E-state index contributed by atoms with van der Waals surface area (Å²) >= 11 is 17.1. The van der Waals surface area contributed by atoms with Gasteiger partial charge in [0.15, 0.2) is 4.34 Å². The van der Waals surface area contributed by atoms with Gasteiger partial charge in [-0.05, 0) is 12.1 Å². The number of hydrogen-bond donors (Lipinski definition) is 0. The van der Waals surface area contributed by atoms with Gasteiger partial charge in [0.2, 0.25) is 0 Å². The van der Waals surface area contributed by atoms with Crippen molar-refractivity contribution >= 4 is 57.6 Å². The van der Waals surface area contributed by atoms with Gasteiger partial charge >= 0.3 is 0 Å².